The quantitative estimate of drug-likeness (QED) is 0.371. The summed E-state index contributed by atoms with van der Waals surface area (Å²) < 4.78 is 7.42. The number of carbonyl (C=O) groups excluding carboxylic acids is 1. The van der Waals surface area contributed by atoms with E-state index in [1.165, 1.54) is 5.69 Å². The summed E-state index contributed by atoms with van der Waals surface area (Å²) in [6.45, 7) is 7.51. The first-order chi connectivity index (χ1) is 12.7. The Kier molecular flexibility index (Phi) is 8.84. The van der Waals surface area contributed by atoms with Crippen molar-refractivity contribution in [1.82, 2.24) is 24.6 Å². The van der Waals surface area contributed by atoms with Gasteiger partial charge in [-0.25, -0.2) is 0 Å². The third-order valence-corrected chi connectivity index (χ3v) is 5.09. The fourth-order valence-corrected chi connectivity index (χ4v) is 3.40. The highest BCUT2D eigenvalue weighted by molar-refractivity contribution is 14.0. The summed E-state index contributed by atoms with van der Waals surface area (Å²) in [6.07, 6.45) is 2.05. The fourth-order valence-electron chi connectivity index (χ4n) is 3.40. The number of rotatable bonds is 4. The SMILES string of the molecule is CN=C(NCc1cccn1C)N1CCN(CC(=O)N2CCOCC2)CC1.I. The van der Waals surface area contributed by atoms with Crippen LogP contribution in [0.4, 0.5) is 0 Å². The Balaban J connectivity index is 0.00000261. The van der Waals surface area contributed by atoms with Gasteiger partial charge in [-0.1, -0.05) is 0 Å². The number of carbonyl (C=O) groups is 1. The molecule has 3 rings (SSSR count). The van der Waals surface area contributed by atoms with Crippen molar-refractivity contribution in [3.63, 3.8) is 0 Å². The van der Waals surface area contributed by atoms with Gasteiger partial charge in [0, 0.05) is 65.3 Å². The lowest BCUT2D eigenvalue weighted by atomic mass is 10.3. The Morgan fingerprint density at radius 3 is 2.44 bits per heavy atom. The van der Waals surface area contributed by atoms with Crippen molar-refractivity contribution in [2.75, 3.05) is 66.1 Å². The summed E-state index contributed by atoms with van der Waals surface area (Å²) in [6, 6.07) is 4.15. The summed E-state index contributed by atoms with van der Waals surface area (Å²) in [5.41, 5.74) is 1.22. The minimum absolute atomic E-state index is 0. The van der Waals surface area contributed by atoms with Gasteiger partial charge in [-0.2, -0.15) is 0 Å². The van der Waals surface area contributed by atoms with E-state index in [1.807, 2.05) is 31.3 Å². The predicted octanol–water partition coefficient (Wildman–Crippen LogP) is 0.195. The molecule has 1 aromatic heterocycles. The third kappa shape index (κ3) is 6.08. The van der Waals surface area contributed by atoms with Gasteiger partial charge in [0.05, 0.1) is 26.3 Å². The lowest BCUT2D eigenvalue weighted by Gasteiger charge is -2.37. The maximum atomic E-state index is 12.4. The van der Waals surface area contributed by atoms with E-state index < -0.39 is 0 Å². The molecule has 9 heteroatoms. The zero-order valence-electron chi connectivity index (χ0n) is 16.3. The summed E-state index contributed by atoms with van der Waals surface area (Å²) in [5.74, 6) is 1.14. The van der Waals surface area contributed by atoms with Crippen molar-refractivity contribution in [3.05, 3.63) is 24.0 Å². The van der Waals surface area contributed by atoms with Crippen LogP contribution in [0.15, 0.2) is 23.3 Å². The van der Waals surface area contributed by atoms with Crippen LogP contribution in [0.25, 0.3) is 0 Å². The van der Waals surface area contributed by atoms with Gasteiger partial charge in [0.25, 0.3) is 0 Å². The molecule has 1 aromatic rings. The van der Waals surface area contributed by atoms with Gasteiger partial charge < -0.3 is 24.4 Å². The Bertz CT molecular complexity index is 621. The first-order valence-corrected chi connectivity index (χ1v) is 9.31. The van der Waals surface area contributed by atoms with Gasteiger partial charge in [0.2, 0.25) is 5.91 Å². The minimum atomic E-state index is 0. The van der Waals surface area contributed by atoms with Gasteiger partial charge in [-0.05, 0) is 12.1 Å². The van der Waals surface area contributed by atoms with Gasteiger partial charge in [0.1, 0.15) is 0 Å². The molecule has 2 saturated heterocycles. The van der Waals surface area contributed by atoms with Crippen LogP contribution >= 0.6 is 24.0 Å². The van der Waals surface area contributed by atoms with E-state index in [9.17, 15) is 4.79 Å². The molecule has 0 aliphatic carbocycles. The number of nitrogens with one attached hydrogen (secondary N) is 1. The number of amides is 1. The van der Waals surface area contributed by atoms with E-state index in [2.05, 4.69) is 30.7 Å². The van der Waals surface area contributed by atoms with E-state index >= 15 is 0 Å². The van der Waals surface area contributed by atoms with Crippen LogP contribution in [0.2, 0.25) is 0 Å². The molecular weight excluding hydrogens is 459 g/mol. The minimum Gasteiger partial charge on any atom is -0.378 e. The second kappa shape index (κ2) is 10.9. The van der Waals surface area contributed by atoms with E-state index in [1.54, 1.807) is 0 Å². The Morgan fingerprint density at radius 1 is 1.15 bits per heavy atom. The summed E-state index contributed by atoms with van der Waals surface area (Å²) >= 11 is 0. The van der Waals surface area contributed by atoms with Gasteiger partial charge in [-0.3, -0.25) is 14.7 Å². The number of piperazine rings is 1. The summed E-state index contributed by atoms with van der Waals surface area (Å²) in [7, 11) is 3.87. The molecule has 2 aliphatic heterocycles. The van der Waals surface area contributed by atoms with Crippen molar-refractivity contribution in [2.45, 2.75) is 6.54 Å². The second-order valence-electron chi connectivity index (χ2n) is 6.77. The highest BCUT2D eigenvalue weighted by Crippen LogP contribution is 2.06. The van der Waals surface area contributed by atoms with Gasteiger partial charge in [-0.15, -0.1) is 24.0 Å². The molecule has 8 nitrogen and oxygen atoms in total. The Labute approximate surface area is 178 Å². The number of morpholine rings is 1. The van der Waals surface area contributed by atoms with E-state index in [4.69, 9.17) is 4.74 Å². The van der Waals surface area contributed by atoms with E-state index in [0.717, 1.165) is 38.7 Å². The van der Waals surface area contributed by atoms with Crippen molar-refractivity contribution >= 4 is 35.8 Å². The lowest BCUT2D eigenvalue weighted by molar-refractivity contribution is -0.136. The van der Waals surface area contributed by atoms with Crippen LogP contribution in [-0.2, 0) is 23.1 Å². The number of ether oxygens (including phenoxy) is 1. The second-order valence-corrected chi connectivity index (χ2v) is 6.77. The third-order valence-electron chi connectivity index (χ3n) is 5.09. The van der Waals surface area contributed by atoms with E-state index in [-0.39, 0.29) is 29.9 Å². The first-order valence-electron chi connectivity index (χ1n) is 9.31. The number of hydrogen-bond donors (Lipinski definition) is 1. The van der Waals surface area contributed by atoms with Crippen LogP contribution in [0.1, 0.15) is 5.69 Å². The Morgan fingerprint density at radius 2 is 1.85 bits per heavy atom. The molecule has 0 saturated carbocycles. The number of aromatic nitrogens is 1. The van der Waals surface area contributed by atoms with Gasteiger partial charge in [0.15, 0.2) is 5.96 Å². The molecule has 0 aromatic carbocycles. The Hall–Kier alpha value is -1.33. The smallest absolute Gasteiger partial charge is 0.236 e. The maximum Gasteiger partial charge on any atom is 0.236 e. The fraction of sp³-hybridized carbons (Fsp3) is 0.667. The van der Waals surface area contributed by atoms with Crippen LogP contribution in [0.5, 0.6) is 0 Å². The number of guanidine groups is 1. The standard InChI is InChI=1S/C18H30N6O2.HI/c1-19-18(20-14-16-4-3-5-21(16)2)24-8-6-22(7-9-24)15-17(25)23-10-12-26-13-11-23;/h3-5H,6-15H2,1-2H3,(H,19,20);1H. The van der Waals surface area contributed by atoms with Crippen molar-refractivity contribution < 1.29 is 9.53 Å². The van der Waals surface area contributed by atoms with Crippen LogP contribution < -0.4 is 5.32 Å². The van der Waals surface area contributed by atoms with E-state index in [0.29, 0.717) is 32.8 Å². The number of aryl methyl sites for hydroxylation is 1. The van der Waals surface area contributed by atoms with Crippen LogP contribution in [-0.4, -0.2) is 97.2 Å². The molecule has 152 valence electrons. The predicted molar refractivity (Wildman–Crippen MR) is 116 cm³/mol. The normalized spacial score (nSPS) is 19.0. The molecule has 0 spiro atoms. The molecule has 1 N–H and O–H groups in total. The first kappa shape index (κ1) is 22.0. The average molecular weight is 490 g/mol. The largest absolute Gasteiger partial charge is 0.378 e. The van der Waals surface area contributed by atoms with Crippen molar-refractivity contribution in [1.29, 1.82) is 0 Å². The number of nitrogens with zero attached hydrogens (tertiary/aromatic N) is 5. The molecule has 0 unspecified atom stereocenters. The monoisotopic (exact) mass is 490 g/mol. The molecule has 27 heavy (non-hydrogen) atoms. The molecular formula is C18H31IN6O2. The molecule has 0 radical (unpaired) electrons. The molecule has 2 fully saturated rings. The topological polar surface area (TPSA) is 65.3 Å². The zero-order valence-corrected chi connectivity index (χ0v) is 18.6. The van der Waals surface area contributed by atoms with Gasteiger partial charge >= 0.3 is 0 Å². The average Bonchev–Trinajstić information content (AvgIpc) is 3.09. The van der Waals surface area contributed by atoms with Crippen LogP contribution in [0.3, 0.4) is 0 Å². The molecule has 1 amide bonds. The molecule has 2 aliphatic rings. The molecule has 0 atom stereocenters. The maximum absolute atomic E-state index is 12.4. The summed E-state index contributed by atoms with van der Waals surface area (Å²) in [4.78, 5) is 23.2. The van der Waals surface area contributed by atoms with Crippen molar-refractivity contribution in [2.24, 2.45) is 12.0 Å². The lowest BCUT2D eigenvalue weighted by Crippen LogP contribution is -2.54. The van der Waals surface area contributed by atoms with Crippen molar-refractivity contribution in [3.8, 4) is 0 Å². The molecule has 0 bridgehead atoms. The summed E-state index contributed by atoms with van der Waals surface area (Å²) in [5, 5.41) is 3.44. The number of aliphatic imine (C=N–C) groups is 1. The highest BCUT2D eigenvalue weighted by Gasteiger charge is 2.24. The highest BCUT2D eigenvalue weighted by atomic mass is 127. The number of hydrogen-bond acceptors (Lipinski definition) is 4. The molecule has 3 heterocycles. The van der Waals surface area contributed by atoms with Crippen LogP contribution in [0, 0.1) is 0 Å². The zero-order chi connectivity index (χ0) is 18.4. The number of halogens is 1.